The van der Waals surface area contributed by atoms with Crippen LogP contribution in [0.15, 0.2) is 15.7 Å². The van der Waals surface area contributed by atoms with Crippen LogP contribution in [0, 0.1) is 0 Å². The highest BCUT2D eigenvalue weighted by atomic mass is 16.4. The van der Waals surface area contributed by atoms with Gasteiger partial charge in [-0.15, -0.1) is 0 Å². The van der Waals surface area contributed by atoms with Crippen LogP contribution in [0.2, 0.25) is 0 Å². The predicted molar refractivity (Wildman–Crippen MR) is 70.5 cm³/mol. The Morgan fingerprint density at radius 1 is 1.15 bits per heavy atom. The van der Waals surface area contributed by atoms with E-state index in [4.69, 9.17) is 5.11 Å². The lowest BCUT2D eigenvalue weighted by Gasteiger charge is -2.22. The zero-order valence-corrected chi connectivity index (χ0v) is 11.2. The van der Waals surface area contributed by atoms with Crippen LogP contribution >= 0.6 is 0 Å². The number of aromatic nitrogens is 2. The fourth-order valence-corrected chi connectivity index (χ4v) is 1.60. The van der Waals surface area contributed by atoms with Crippen molar-refractivity contribution in [1.82, 2.24) is 9.13 Å². The van der Waals surface area contributed by atoms with E-state index >= 15 is 0 Å². The summed E-state index contributed by atoms with van der Waals surface area (Å²) < 4.78 is 2.09. The molecule has 0 aliphatic heterocycles. The Morgan fingerprint density at radius 2 is 1.75 bits per heavy atom. The van der Waals surface area contributed by atoms with E-state index in [0.29, 0.717) is 0 Å². The number of rotatable bonds is 6. The molecular weight excluding hydrogens is 270 g/mol. The fraction of sp³-hybridized carbons (Fsp3) is 0.636. The molecule has 114 valence electrons. The van der Waals surface area contributed by atoms with Gasteiger partial charge in [0.25, 0.3) is 5.56 Å². The molecule has 3 atom stereocenters. The molecule has 1 aromatic heterocycles. The molecule has 0 bridgehead atoms. The van der Waals surface area contributed by atoms with Crippen LogP contribution in [0.25, 0.3) is 0 Å². The van der Waals surface area contributed by atoms with Crippen molar-refractivity contribution in [3.05, 3.63) is 26.9 Å². The molecule has 0 aliphatic rings. The fourth-order valence-electron chi connectivity index (χ4n) is 1.60. The number of aliphatic hydroxyl groups excluding tert-OH is 4. The maximum Gasteiger partial charge on any atom is 0.332 e. The molecule has 0 fully saturated rings. The van der Waals surface area contributed by atoms with Gasteiger partial charge in [-0.1, -0.05) is 0 Å². The van der Waals surface area contributed by atoms with E-state index in [2.05, 4.69) is 5.32 Å². The average molecular weight is 289 g/mol. The molecule has 5 N–H and O–H groups in total. The zero-order valence-electron chi connectivity index (χ0n) is 11.2. The average Bonchev–Trinajstić information content (AvgIpc) is 2.45. The van der Waals surface area contributed by atoms with Crippen LogP contribution in [0.1, 0.15) is 0 Å². The summed E-state index contributed by atoms with van der Waals surface area (Å²) in [6.45, 7) is -0.902. The van der Waals surface area contributed by atoms with Crippen molar-refractivity contribution in [2.45, 2.75) is 18.3 Å². The lowest BCUT2D eigenvalue weighted by atomic mass is 10.1. The van der Waals surface area contributed by atoms with Crippen LogP contribution in [0.3, 0.4) is 0 Å². The Hall–Kier alpha value is -1.68. The van der Waals surface area contributed by atoms with Gasteiger partial charge in [-0.2, -0.15) is 0 Å². The summed E-state index contributed by atoms with van der Waals surface area (Å²) >= 11 is 0. The number of nitrogens with zero attached hydrogens (tertiary/aromatic N) is 2. The second-order valence-corrected chi connectivity index (χ2v) is 4.46. The molecule has 1 rings (SSSR count). The minimum Gasteiger partial charge on any atom is -0.394 e. The van der Waals surface area contributed by atoms with Gasteiger partial charge in [0, 0.05) is 26.7 Å². The van der Waals surface area contributed by atoms with Gasteiger partial charge in [-0.3, -0.25) is 13.9 Å². The summed E-state index contributed by atoms with van der Waals surface area (Å²) in [5.74, 6) is 0.169. The third kappa shape index (κ3) is 3.45. The van der Waals surface area contributed by atoms with E-state index in [1.165, 1.54) is 24.7 Å². The second kappa shape index (κ2) is 6.66. The minimum absolute atomic E-state index is 0.169. The zero-order chi connectivity index (χ0) is 15.4. The van der Waals surface area contributed by atoms with Crippen molar-refractivity contribution in [2.75, 3.05) is 18.5 Å². The molecule has 0 radical (unpaired) electrons. The molecule has 0 aliphatic carbocycles. The molecule has 1 aromatic rings. The van der Waals surface area contributed by atoms with E-state index < -0.39 is 36.2 Å². The first kappa shape index (κ1) is 16.4. The lowest BCUT2D eigenvalue weighted by Crippen LogP contribution is -2.44. The standard InChI is InChI=1S/C11H19N3O6/c1-13-8(3-9(18)14(2)11(13)20)12-4-6(16)10(19)7(17)5-15/h3,6-7,10,12,15-17,19H,4-5H2,1-2H3/t6-,7+,10-/m0/s1. The first-order valence-electron chi connectivity index (χ1n) is 5.95. The van der Waals surface area contributed by atoms with E-state index in [-0.39, 0.29) is 12.4 Å². The predicted octanol–water partition coefficient (Wildman–Crippen LogP) is -3.43. The summed E-state index contributed by atoms with van der Waals surface area (Å²) in [5, 5.41) is 39.5. The molecule has 0 saturated heterocycles. The summed E-state index contributed by atoms with van der Waals surface area (Å²) in [4.78, 5) is 23.1. The third-order valence-corrected chi connectivity index (χ3v) is 2.99. The van der Waals surface area contributed by atoms with Crippen molar-refractivity contribution in [3.8, 4) is 0 Å². The van der Waals surface area contributed by atoms with E-state index in [0.717, 1.165) is 4.57 Å². The molecule has 9 nitrogen and oxygen atoms in total. The SMILES string of the molecule is Cn1c(NC[C@H](O)[C@H](O)[C@H](O)CO)cc(=O)n(C)c1=O. The van der Waals surface area contributed by atoms with Gasteiger partial charge in [0.2, 0.25) is 0 Å². The van der Waals surface area contributed by atoms with Gasteiger partial charge in [-0.25, -0.2) is 4.79 Å². The number of hydrogen-bond donors (Lipinski definition) is 5. The molecule has 0 amide bonds. The highest BCUT2D eigenvalue weighted by Crippen LogP contribution is 2.03. The van der Waals surface area contributed by atoms with Gasteiger partial charge in [0.15, 0.2) is 0 Å². The number of hydrogen-bond acceptors (Lipinski definition) is 7. The molecule has 0 spiro atoms. The normalized spacial score (nSPS) is 15.7. The van der Waals surface area contributed by atoms with Crippen molar-refractivity contribution < 1.29 is 20.4 Å². The second-order valence-electron chi connectivity index (χ2n) is 4.46. The Kier molecular flexibility index (Phi) is 5.45. The van der Waals surface area contributed by atoms with Gasteiger partial charge in [0.05, 0.1) is 12.7 Å². The maximum absolute atomic E-state index is 11.6. The van der Waals surface area contributed by atoms with Gasteiger partial charge in [0.1, 0.15) is 18.0 Å². The highest BCUT2D eigenvalue weighted by molar-refractivity contribution is 5.33. The van der Waals surface area contributed by atoms with E-state index in [9.17, 15) is 24.9 Å². The van der Waals surface area contributed by atoms with Crippen molar-refractivity contribution in [2.24, 2.45) is 14.1 Å². The summed E-state index contributed by atoms with van der Waals surface area (Å²) in [6, 6.07) is 1.17. The molecule has 0 aromatic carbocycles. The van der Waals surface area contributed by atoms with Crippen LogP contribution in [-0.4, -0.2) is 61.0 Å². The lowest BCUT2D eigenvalue weighted by molar-refractivity contribution is -0.0715. The Labute approximate surface area is 114 Å². The van der Waals surface area contributed by atoms with Crippen LogP contribution in [-0.2, 0) is 14.1 Å². The summed E-state index contributed by atoms with van der Waals surface area (Å²) in [6.07, 6.45) is -4.40. The Morgan fingerprint density at radius 3 is 2.30 bits per heavy atom. The molecule has 20 heavy (non-hydrogen) atoms. The Balaban J connectivity index is 2.81. The monoisotopic (exact) mass is 289 g/mol. The Bertz CT molecular complexity index is 566. The van der Waals surface area contributed by atoms with Gasteiger partial charge >= 0.3 is 5.69 Å². The van der Waals surface area contributed by atoms with Gasteiger partial charge in [-0.05, 0) is 0 Å². The highest BCUT2D eigenvalue weighted by Gasteiger charge is 2.24. The van der Waals surface area contributed by atoms with E-state index in [1.54, 1.807) is 0 Å². The molecular formula is C11H19N3O6. The first-order chi connectivity index (χ1) is 9.29. The summed E-state index contributed by atoms with van der Waals surface area (Å²) in [7, 11) is 2.78. The molecule has 9 heteroatoms. The number of anilines is 1. The topological polar surface area (TPSA) is 137 Å². The van der Waals surface area contributed by atoms with E-state index in [1.807, 2.05) is 0 Å². The van der Waals surface area contributed by atoms with Crippen LogP contribution in [0.5, 0.6) is 0 Å². The van der Waals surface area contributed by atoms with Crippen molar-refractivity contribution in [3.63, 3.8) is 0 Å². The van der Waals surface area contributed by atoms with Crippen LogP contribution in [0.4, 0.5) is 5.82 Å². The minimum atomic E-state index is -1.55. The quantitative estimate of drug-likeness (QED) is 0.367. The van der Waals surface area contributed by atoms with Gasteiger partial charge < -0.3 is 25.7 Å². The summed E-state index contributed by atoms with van der Waals surface area (Å²) in [5.41, 5.74) is -1.05. The van der Waals surface area contributed by atoms with Crippen molar-refractivity contribution >= 4 is 5.82 Å². The maximum atomic E-state index is 11.6. The molecule has 1 heterocycles. The molecule has 0 saturated carbocycles. The van der Waals surface area contributed by atoms with Crippen LogP contribution < -0.4 is 16.6 Å². The molecule has 0 unspecified atom stereocenters. The largest absolute Gasteiger partial charge is 0.394 e. The first-order valence-corrected chi connectivity index (χ1v) is 5.95. The third-order valence-electron chi connectivity index (χ3n) is 2.99. The smallest absolute Gasteiger partial charge is 0.332 e. The van der Waals surface area contributed by atoms with Crippen molar-refractivity contribution in [1.29, 1.82) is 0 Å². The number of nitrogens with one attached hydrogen (secondary N) is 1. The number of aliphatic hydroxyl groups is 4.